The highest BCUT2D eigenvalue weighted by molar-refractivity contribution is 7.10. The summed E-state index contributed by atoms with van der Waals surface area (Å²) in [4.78, 5) is 12.8. The lowest BCUT2D eigenvalue weighted by Gasteiger charge is -2.23. The molecule has 1 amide bonds. The molecule has 0 aliphatic carbocycles. The van der Waals surface area contributed by atoms with Crippen LogP contribution in [0.2, 0.25) is 0 Å². The molecule has 0 bridgehead atoms. The lowest BCUT2D eigenvalue weighted by atomic mass is 9.91. The van der Waals surface area contributed by atoms with Gasteiger partial charge in [0.2, 0.25) is 5.91 Å². The van der Waals surface area contributed by atoms with E-state index in [0.717, 1.165) is 6.54 Å². The first-order chi connectivity index (χ1) is 7.56. The summed E-state index contributed by atoms with van der Waals surface area (Å²) in [6.07, 6.45) is 0. The summed E-state index contributed by atoms with van der Waals surface area (Å²) < 4.78 is 0. The van der Waals surface area contributed by atoms with Gasteiger partial charge in [-0.1, -0.05) is 26.8 Å². The van der Waals surface area contributed by atoms with E-state index in [1.807, 2.05) is 13.0 Å². The molecule has 2 N–H and O–H groups in total. The van der Waals surface area contributed by atoms with E-state index in [-0.39, 0.29) is 11.3 Å². The first kappa shape index (κ1) is 13.2. The number of rotatable bonds is 6. The van der Waals surface area contributed by atoms with Gasteiger partial charge in [-0.25, -0.2) is 0 Å². The smallest absolute Gasteiger partial charge is 0.233 e. The second-order valence-corrected chi connectivity index (χ2v) is 5.37. The summed E-state index contributed by atoms with van der Waals surface area (Å²) in [7, 11) is 0. The number of nitrogens with one attached hydrogen (secondary N) is 2. The highest BCUT2D eigenvalue weighted by atomic mass is 32.1. The number of amides is 1. The third-order valence-electron chi connectivity index (χ3n) is 2.45. The number of likely N-dealkylation sites (N-methyl/N-ethyl adjacent to an activating group) is 1. The van der Waals surface area contributed by atoms with Crippen LogP contribution in [-0.2, 0) is 10.2 Å². The molecule has 0 aliphatic heterocycles. The summed E-state index contributed by atoms with van der Waals surface area (Å²) >= 11 is 1.73. The van der Waals surface area contributed by atoms with Crippen LogP contribution in [0, 0.1) is 0 Å². The number of carbonyl (C=O) groups excluding carboxylic acids is 1. The molecule has 16 heavy (non-hydrogen) atoms. The number of hydrogen-bond donors (Lipinski definition) is 2. The average Bonchev–Trinajstić information content (AvgIpc) is 2.77. The third kappa shape index (κ3) is 3.94. The quantitative estimate of drug-likeness (QED) is 0.795. The summed E-state index contributed by atoms with van der Waals surface area (Å²) in [5.41, 5.74) is 0.00996. The Hall–Kier alpha value is -0.870. The van der Waals surface area contributed by atoms with Crippen LogP contribution < -0.4 is 10.6 Å². The summed E-state index contributed by atoms with van der Waals surface area (Å²) in [6, 6.07) is 4.16. The van der Waals surface area contributed by atoms with Crippen molar-refractivity contribution in [3.05, 3.63) is 22.4 Å². The maximum atomic E-state index is 11.4. The molecule has 90 valence electrons. The van der Waals surface area contributed by atoms with Gasteiger partial charge in [0.25, 0.3) is 0 Å². The van der Waals surface area contributed by atoms with Gasteiger partial charge in [-0.3, -0.25) is 4.79 Å². The molecule has 1 rings (SSSR count). The first-order valence-corrected chi connectivity index (χ1v) is 6.45. The highest BCUT2D eigenvalue weighted by Gasteiger charge is 2.22. The first-order valence-electron chi connectivity index (χ1n) is 5.57. The van der Waals surface area contributed by atoms with Gasteiger partial charge >= 0.3 is 0 Å². The van der Waals surface area contributed by atoms with Crippen molar-refractivity contribution in [2.75, 3.05) is 19.6 Å². The summed E-state index contributed by atoms with van der Waals surface area (Å²) in [5, 5.41) is 8.03. The molecule has 4 heteroatoms. The SMILES string of the molecule is CCNCC(=O)NCC(C)(C)c1cccs1. The number of thiophene rings is 1. The summed E-state index contributed by atoms with van der Waals surface area (Å²) in [6.45, 7) is 8.18. The van der Waals surface area contributed by atoms with Gasteiger partial charge in [0, 0.05) is 16.8 Å². The van der Waals surface area contributed by atoms with Crippen LogP contribution in [0.15, 0.2) is 17.5 Å². The average molecular weight is 240 g/mol. The molecular weight excluding hydrogens is 220 g/mol. The van der Waals surface area contributed by atoms with E-state index in [0.29, 0.717) is 13.1 Å². The molecule has 0 aromatic carbocycles. The maximum Gasteiger partial charge on any atom is 0.233 e. The molecule has 3 nitrogen and oxygen atoms in total. The van der Waals surface area contributed by atoms with Crippen molar-refractivity contribution in [1.29, 1.82) is 0 Å². The lowest BCUT2D eigenvalue weighted by molar-refractivity contribution is -0.120. The maximum absolute atomic E-state index is 11.4. The van der Waals surface area contributed by atoms with Gasteiger partial charge < -0.3 is 10.6 Å². The van der Waals surface area contributed by atoms with E-state index < -0.39 is 0 Å². The number of carbonyl (C=O) groups is 1. The van der Waals surface area contributed by atoms with Crippen molar-refractivity contribution in [2.45, 2.75) is 26.2 Å². The predicted molar refractivity (Wildman–Crippen MR) is 68.9 cm³/mol. The monoisotopic (exact) mass is 240 g/mol. The molecule has 0 saturated carbocycles. The molecule has 1 aromatic rings. The van der Waals surface area contributed by atoms with Crippen molar-refractivity contribution < 1.29 is 4.79 Å². The molecule has 0 spiro atoms. The van der Waals surface area contributed by atoms with Crippen LogP contribution >= 0.6 is 11.3 Å². The molecule has 1 aromatic heterocycles. The fourth-order valence-corrected chi connectivity index (χ4v) is 2.22. The van der Waals surface area contributed by atoms with Crippen LogP contribution in [0.1, 0.15) is 25.6 Å². The largest absolute Gasteiger partial charge is 0.354 e. The van der Waals surface area contributed by atoms with Crippen LogP contribution in [-0.4, -0.2) is 25.5 Å². The second-order valence-electron chi connectivity index (χ2n) is 4.42. The Balaban J connectivity index is 2.39. The van der Waals surface area contributed by atoms with E-state index in [2.05, 4.69) is 35.9 Å². The molecule has 0 saturated heterocycles. The van der Waals surface area contributed by atoms with Gasteiger partial charge in [-0.15, -0.1) is 11.3 Å². The van der Waals surface area contributed by atoms with Gasteiger partial charge in [0.05, 0.1) is 6.54 Å². The zero-order valence-electron chi connectivity index (χ0n) is 10.2. The van der Waals surface area contributed by atoms with Crippen LogP contribution in [0.5, 0.6) is 0 Å². The predicted octanol–water partition coefficient (Wildman–Crippen LogP) is 1.75. The van der Waals surface area contributed by atoms with E-state index in [4.69, 9.17) is 0 Å². The van der Waals surface area contributed by atoms with Crippen molar-refractivity contribution in [3.8, 4) is 0 Å². The molecular formula is C12H20N2OS. The molecule has 0 fully saturated rings. The van der Waals surface area contributed by atoms with E-state index in [9.17, 15) is 4.79 Å². The standard InChI is InChI=1S/C12H20N2OS/c1-4-13-8-11(15)14-9-12(2,3)10-6-5-7-16-10/h5-7,13H,4,8-9H2,1-3H3,(H,14,15). The van der Waals surface area contributed by atoms with Gasteiger partial charge in [0.1, 0.15) is 0 Å². The third-order valence-corrected chi connectivity index (χ3v) is 3.69. The normalized spacial score (nSPS) is 11.4. The van der Waals surface area contributed by atoms with Crippen LogP contribution in [0.4, 0.5) is 0 Å². The lowest BCUT2D eigenvalue weighted by Crippen LogP contribution is -2.40. The minimum Gasteiger partial charge on any atom is -0.354 e. The Labute approximate surface area is 101 Å². The molecule has 1 heterocycles. The van der Waals surface area contributed by atoms with Crippen LogP contribution in [0.3, 0.4) is 0 Å². The van der Waals surface area contributed by atoms with Crippen LogP contribution in [0.25, 0.3) is 0 Å². The van der Waals surface area contributed by atoms with E-state index in [1.165, 1.54) is 4.88 Å². The Kier molecular flexibility index (Phi) is 4.96. The van der Waals surface area contributed by atoms with Crippen molar-refractivity contribution in [3.63, 3.8) is 0 Å². The Morgan fingerprint density at radius 3 is 2.81 bits per heavy atom. The fraction of sp³-hybridized carbons (Fsp3) is 0.583. The highest BCUT2D eigenvalue weighted by Crippen LogP contribution is 2.26. The minimum absolute atomic E-state index is 0.00996. The minimum atomic E-state index is 0.00996. The van der Waals surface area contributed by atoms with Crippen molar-refractivity contribution in [2.24, 2.45) is 0 Å². The van der Waals surface area contributed by atoms with Gasteiger partial charge in [-0.05, 0) is 18.0 Å². The number of hydrogen-bond acceptors (Lipinski definition) is 3. The second kappa shape index (κ2) is 6.01. The van der Waals surface area contributed by atoms with Crippen molar-refractivity contribution in [1.82, 2.24) is 10.6 Å². The van der Waals surface area contributed by atoms with Crippen molar-refractivity contribution >= 4 is 17.2 Å². The molecule has 0 radical (unpaired) electrons. The van der Waals surface area contributed by atoms with Gasteiger partial charge in [0.15, 0.2) is 0 Å². The van der Waals surface area contributed by atoms with Gasteiger partial charge in [-0.2, -0.15) is 0 Å². The zero-order chi connectivity index (χ0) is 12.0. The molecule has 0 atom stereocenters. The molecule has 0 unspecified atom stereocenters. The van der Waals surface area contributed by atoms with E-state index in [1.54, 1.807) is 11.3 Å². The van der Waals surface area contributed by atoms with E-state index >= 15 is 0 Å². The summed E-state index contributed by atoms with van der Waals surface area (Å²) in [5.74, 6) is 0.0616. The zero-order valence-corrected chi connectivity index (χ0v) is 11.0. The Bertz CT molecular complexity index is 320. The fourth-order valence-electron chi connectivity index (χ4n) is 1.37. The Morgan fingerprint density at radius 1 is 1.50 bits per heavy atom. The molecule has 0 aliphatic rings. The Morgan fingerprint density at radius 2 is 2.25 bits per heavy atom. The topological polar surface area (TPSA) is 41.1 Å².